The van der Waals surface area contributed by atoms with Crippen molar-refractivity contribution in [2.75, 3.05) is 0 Å². The number of benzene rings is 1. The van der Waals surface area contributed by atoms with Gasteiger partial charge in [-0.25, -0.2) is 4.79 Å². The number of rotatable bonds is 7. The molecule has 30 heavy (non-hydrogen) atoms. The Balaban J connectivity index is 3.23. The SMILES string of the molecule is CC(C)NC(=O)C(c1ccc(O)cc1)N(C(=O)C(C)NC(=O)OC(C)(C)C)C(C)C. The van der Waals surface area contributed by atoms with Crippen molar-refractivity contribution in [1.29, 1.82) is 0 Å². The molecule has 0 aliphatic rings. The molecule has 1 rings (SSSR count). The van der Waals surface area contributed by atoms with Crippen LogP contribution in [-0.2, 0) is 14.3 Å². The number of nitrogens with one attached hydrogen (secondary N) is 2. The normalized spacial score (nSPS) is 13.5. The Morgan fingerprint density at radius 1 is 0.967 bits per heavy atom. The van der Waals surface area contributed by atoms with Crippen LogP contribution < -0.4 is 10.6 Å². The van der Waals surface area contributed by atoms with Crippen LogP contribution in [0, 0.1) is 0 Å². The van der Waals surface area contributed by atoms with E-state index < -0.39 is 29.7 Å². The first-order chi connectivity index (χ1) is 13.7. The maximum Gasteiger partial charge on any atom is 0.408 e. The Kier molecular flexibility index (Phi) is 8.69. The van der Waals surface area contributed by atoms with E-state index in [0.29, 0.717) is 5.56 Å². The van der Waals surface area contributed by atoms with Crippen molar-refractivity contribution in [2.45, 2.75) is 85.2 Å². The maximum atomic E-state index is 13.3. The summed E-state index contributed by atoms with van der Waals surface area (Å²) in [6, 6.07) is 3.85. The van der Waals surface area contributed by atoms with Crippen LogP contribution in [0.3, 0.4) is 0 Å². The van der Waals surface area contributed by atoms with Crippen molar-refractivity contribution in [3.63, 3.8) is 0 Å². The van der Waals surface area contributed by atoms with Crippen molar-refractivity contribution in [3.05, 3.63) is 29.8 Å². The average Bonchev–Trinajstić information content (AvgIpc) is 2.57. The molecule has 0 radical (unpaired) electrons. The highest BCUT2D eigenvalue weighted by Gasteiger charge is 2.36. The first-order valence-corrected chi connectivity index (χ1v) is 10.1. The summed E-state index contributed by atoms with van der Waals surface area (Å²) in [5.74, 6) is -0.709. The molecular formula is C22H35N3O5. The molecule has 0 aliphatic heterocycles. The predicted molar refractivity (Wildman–Crippen MR) is 115 cm³/mol. The van der Waals surface area contributed by atoms with Crippen molar-refractivity contribution < 1.29 is 24.2 Å². The summed E-state index contributed by atoms with van der Waals surface area (Å²) in [4.78, 5) is 39.9. The van der Waals surface area contributed by atoms with Gasteiger partial charge in [0.1, 0.15) is 23.4 Å². The highest BCUT2D eigenvalue weighted by atomic mass is 16.6. The van der Waals surface area contributed by atoms with Crippen molar-refractivity contribution in [1.82, 2.24) is 15.5 Å². The van der Waals surface area contributed by atoms with Gasteiger partial charge in [-0.3, -0.25) is 9.59 Å². The fourth-order valence-electron chi connectivity index (χ4n) is 2.91. The highest BCUT2D eigenvalue weighted by molar-refractivity contribution is 5.92. The molecule has 0 fully saturated rings. The molecule has 0 heterocycles. The molecule has 8 heteroatoms. The Morgan fingerprint density at radius 2 is 1.50 bits per heavy atom. The second-order valence-corrected chi connectivity index (χ2v) is 8.86. The number of phenolic OH excluding ortho intramolecular Hbond substituents is 1. The molecule has 168 valence electrons. The number of carbonyl (C=O) groups is 3. The zero-order valence-electron chi connectivity index (χ0n) is 19.1. The van der Waals surface area contributed by atoms with Gasteiger partial charge in [0.2, 0.25) is 11.8 Å². The van der Waals surface area contributed by atoms with Gasteiger partial charge in [-0.15, -0.1) is 0 Å². The largest absolute Gasteiger partial charge is 0.508 e. The van der Waals surface area contributed by atoms with Gasteiger partial charge in [-0.05, 0) is 73.1 Å². The van der Waals surface area contributed by atoms with Gasteiger partial charge in [0.15, 0.2) is 0 Å². The summed E-state index contributed by atoms with van der Waals surface area (Å²) in [5, 5.41) is 15.0. The first-order valence-electron chi connectivity index (χ1n) is 10.1. The highest BCUT2D eigenvalue weighted by Crippen LogP contribution is 2.26. The van der Waals surface area contributed by atoms with Crippen LogP contribution in [-0.4, -0.2) is 51.6 Å². The number of phenols is 1. The standard InChI is InChI=1S/C22H35N3O5/c1-13(2)23-19(27)18(16-9-11-17(26)12-10-16)25(14(3)4)20(28)15(5)24-21(29)30-22(6,7)8/h9-15,18,26H,1-8H3,(H,23,27)(H,24,29). The van der Waals surface area contributed by atoms with E-state index in [-0.39, 0.29) is 23.7 Å². The fraction of sp³-hybridized carbons (Fsp3) is 0.591. The number of nitrogens with zero attached hydrogens (tertiary/aromatic N) is 1. The van der Waals surface area contributed by atoms with E-state index >= 15 is 0 Å². The Hall–Kier alpha value is -2.77. The molecule has 0 aromatic heterocycles. The molecule has 0 bridgehead atoms. The molecule has 2 unspecified atom stereocenters. The molecule has 1 aromatic carbocycles. The molecule has 0 spiro atoms. The summed E-state index contributed by atoms with van der Waals surface area (Å²) in [6.45, 7) is 14.0. The van der Waals surface area contributed by atoms with Crippen LogP contribution in [0.1, 0.15) is 67.0 Å². The minimum absolute atomic E-state index is 0.0594. The van der Waals surface area contributed by atoms with Crippen LogP contribution in [0.25, 0.3) is 0 Å². The zero-order chi connectivity index (χ0) is 23.2. The second-order valence-electron chi connectivity index (χ2n) is 8.86. The molecule has 8 nitrogen and oxygen atoms in total. The quantitative estimate of drug-likeness (QED) is 0.627. The van der Waals surface area contributed by atoms with E-state index in [4.69, 9.17) is 4.74 Å². The third-order valence-corrected chi connectivity index (χ3v) is 4.08. The third kappa shape index (κ3) is 7.57. The molecule has 3 amide bonds. The summed E-state index contributed by atoms with van der Waals surface area (Å²) in [6.07, 6.45) is -0.708. The van der Waals surface area contributed by atoms with E-state index in [1.165, 1.54) is 17.0 Å². The Morgan fingerprint density at radius 3 is 1.93 bits per heavy atom. The minimum Gasteiger partial charge on any atom is -0.508 e. The van der Waals surface area contributed by atoms with Gasteiger partial charge in [0, 0.05) is 12.1 Å². The lowest BCUT2D eigenvalue weighted by Gasteiger charge is -2.36. The van der Waals surface area contributed by atoms with Crippen LogP contribution >= 0.6 is 0 Å². The van der Waals surface area contributed by atoms with E-state index in [0.717, 1.165) is 0 Å². The predicted octanol–water partition coefficient (Wildman–Crippen LogP) is 3.11. The van der Waals surface area contributed by atoms with Crippen molar-refractivity contribution >= 4 is 17.9 Å². The van der Waals surface area contributed by atoms with Crippen molar-refractivity contribution in [2.24, 2.45) is 0 Å². The molecular weight excluding hydrogens is 386 g/mol. The number of amides is 3. The van der Waals surface area contributed by atoms with Gasteiger partial charge in [0.25, 0.3) is 0 Å². The number of alkyl carbamates (subject to hydrolysis) is 1. The summed E-state index contributed by atoms with van der Waals surface area (Å²) >= 11 is 0. The topological polar surface area (TPSA) is 108 Å². The molecule has 3 N–H and O–H groups in total. The molecule has 2 atom stereocenters. The van der Waals surface area contributed by atoms with E-state index in [2.05, 4.69) is 10.6 Å². The fourth-order valence-corrected chi connectivity index (χ4v) is 2.91. The lowest BCUT2D eigenvalue weighted by Crippen LogP contribution is -2.54. The Labute approximate surface area is 179 Å². The van der Waals surface area contributed by atoms with E-state index in [9.17, 15) is 19.5 Å². The van der Waals surface area contributed by atoms with Crippen LogP contribution in [0.5, 0.6) is 5.75 Å². The third-order valence-electron chi connectivity index (χ3n) is 4.08. The number of hydrogen-bond acceptors (Lipinski definition) is 5. The molecule has 0 aliphatic carbocycles. The van der Waals surface area contributed by atoms with Gasteiger partial charge >= 0.3 is 6.09 Å². The molecule has 1 aromatic rings. The lowest BCUT2D eigenvalue weighted by molar-refractivity contribution is -0.144. The second kappa shape index (κ2) is 10.3. The van der Waals surface area contributed by atoms with Gasteiger partial charge in [-0.1, -0.05) is 12.1 Å². The smallest absolute Gasteiger partial charge is 0.408 e. The number of ether oxygens (including phenoxy) is 1. The van der Waals surface area contributed by atoms with Gasteiger partial charge in [0.05, 0.1) is 0 Å². The number of carbonyl (C=O) groups excluding carboxylic acids is 3. The first kappa shape index (κ1) is 25.3. The van der Waals surface area contributed by atoms with Gasteiger partial charge < -0.3 is 25.4 Å². The van der Waals surface area contributed by atoms with Crippen molar-refractivity contribution in [3.8, 4) is 5.75 Å². The number of aromatic hydroxyl groups is 1. The number of hydrogen-bond donors (Lipinski definition) is 3. The maximum absolute atomic E-state index is 13.3. The van der Waals surface area contributed by atoms with Crippen LogP contribution in [0.4, 0.5) is 4.79 Å². The molecule has 0 saturated heterocycles. The summed E-state index contributed by atoms with van der Waals surface area (Å²) in [5.41, 5.74) is -0.145. The van der Waals surface area contributed by atoms with Gasteiger partial charge in [-0.2, -0.15) is 0 Å². The van der Waals surface area contributed by atoms with Crippen LogP contribution in [0.15, 0.2) is 24.3 Å². The lowest BCUT2D eigenvalue weighted by atomic mass is 10.0. The Bertz CT molecular complexity index is 738. The molecule has 0 saturated carbocycles. The summed E-state index contributed by atoms with van der Waals surface area (Å²) in [7, 11) is 0. The van der Waals surface area contributed by atoms with E-state index in [1.807, 2.05) is 13.8 Å². The minimum atomic E-state index is -0.927. The van der Waals surface area contributed by atoms with Crippen LogP contribution in [0.2, 0.25) is 0 Å². The zero-order valence-corrected chi connectivity index (χ0v) is 19.1. The average molecular weight is 422 g/mol. The van der Waals surface area contributed by atoms with E-state index in [1.54, 1.807) is 53.7 Å². The monoisotopic (exact) mass is 421 g/mol. The summed E-state index contributed by atoms with van der Waals surface area (Å²) < 4.78 is 5.23.